The molecule has 1 aliphatic carbocycles. The van der Waals surface area contributed by atoms with Gasteiger partial charge in [-0.15, -0.1) is 0 Å². The van der Waals surface area contributed by atoms with Crippen LogP contribution in [0.3, 0.4) is 0 Å². The first-order valence-electron chi connectivity index (χ1n) is 7.71. The molecule has 4 heteroatoms. The van der Waals surface area contributed by atoms with Crippen molar-refractivity contribution < 1.29 is 9.59 Å². The van der Waals surface area contributed by atoms with E-state index in [-0.39, 0.29) is 18.1 Å². The zero-order chi connectivity index (χ0) is 16.5. The Morgan fingerprint density at radius 1 is 0.875 bits per heavy atom. The van der Waals surface area contributed by atoms with E-state index in [1.54, 1.807) is 6.07 Å². The van der Waals surface area contributed by atoms with Crippen LogP contribution in [0.1, 0.15) is 21.5 Å². The number of hydrazone groups is 1. The van der Waals surface area contributed by atoms with Crippen molar-refractivity contribution in [3.05, 3.63) is 83.4 Å². The smallest absolute Gasteiger partial charge is 0.244 e. The minimum atomic E-state index is -0.246. The molecule has 4 rings (SSSR count). The van der Waals surface area contributed by atoms with Crippen LogP contribution in [0.4, 0.5) is 0 Å². The highest BCUT2D eigenvalue weighted by molar-refractivity contribution is 6.59. The van der Waals surface area contributed by atoms with Crippen molar-refractivity contribution in [2.24, 2.45) is 5.10 Å². The molecule has 0 saturated carbocycles. The molecule has 4 nitrogen and oxygen atoms in total. The molecule has 1 aliphatic rings. The van der Waals surface area contributed by atoms with Gasteiger partial charge in [0.1, 0.15) is 5.71 Å². The second-order valence-electron chi connectivity index (χ2n) is 5.70. The molecule has 116 valence electrons. The van der Waals surface area contributed by atoms with E-state index in [4.69, 9.17) is 0 Å². The first-order valence-corrected chi connectivity index (χ1v) is 7.71. The van der Waals surface area contributed by atoms with Gasteiger partial charge in [-0.2, -0.15) is 5.10 Å². The van der Waals surface area contributed by atoms with E-state index in [9.17, 15) is 9.59 Å². The van der Waals surface area contributed by atoms with E-state index in [1.807, 2.05) is 60.7 Å². The maximum Gasteiger partial charge on any atom is 0.244 e. The molecule has 0 bridgehead atoms. The summed E-state index contributed by atoms with van der Waals surface area (Å²) in [5.41, 5.74) is 5.11. The minimum Gasteiger partial charge on any atom is -0.287 e. The van der Waals surface area contributed by atoms with Gasteiger partial charge in [-0.25, -0.2) is 5.43 Å². The minimum absolute atomic E-state index is 0.151. The molecule has 0 aliphatic heterocycles. The first kappa shape index (κ1) is 14.3. The third-order valence-corrected chi connectivity index (χ3v) is 4.12. The van der Waals surface area contributed by atoms with Gasteiger partial charge in [0.05, 0.1) is 6.42 Å². The molecule has 1 amide bonds. The molecule has 0 radical (unpaired) electrons. The third kappa shape index (κ3) is 2.38. The maximum absolute atomic E-state index is 12.6. The SMILES string of the molecule is O=C(Cc1ccccc1)N/N=C1\C(=O)c2cccc3cccc1c23. The lowest BCUT2D eigenvalue weighted by atomic mass is 10.1. The normalized spacial score (nSPS) is 14.3. The second-order valence-corrected chi connectivity index (χ2v) is 5.70. The summed E-state index contributed by atoms with van der Waals surface area (Å²) in [5.74, 6) is -0.397. The second kappa shape index (κ2) is 5.74. The molecular formula is C20H14N2O2. The van der Waals surface area contributed by atoms with Crippen LogP contribution in [-0.4, -0.2) is 17.4 Å². The fourth-order valence-electron chi connectivity index (χ4n) is 3.03. The van der Waals surface area contributed by atoms with Crippen LogP contribution in [0, 0.1) is 0 Å². The molecule has 0 unspecified atom stereocenters. The van der Waals surface area contributed by atoms with Crippen LogP contribution < -0.4 is 5.43 Å². The quantitative estimate of drug-likeness (QED) is 0.755. The molecule has 3 aromatic carbocycles. The molecule has 0 spiro atoms. The summed E-state index contributed by atoms with van der Waals surface area (Å²) in [7, 11) is 0. The highest BCUT2D eigenvalue weighted by Crippen LogP contribution is 2.30. The number of carbonyl (C=O) groups excluding carboxylic acids is 2. The van der Waals surface area contributed by atoms with Gasteiger partial charge in [0.2, 0.25) is 11.7 Å². The van der Waals surface area contributed by atoms with Crippen LogP contribution in [-0.2, 0) is 11.2 Å². The molecule has 0 heterocycles. The lowest BCUT2D eigenvalue weighted by Crippen LogP contribution is -2.23. The van der Waals surface area contributed by atoms with Crippen LogP contribution in [0.15, 0.2) is 71.8 Å². The Labute approximate surface area is 138 Å². The Bertz CT molecular complexity index is 986. The Morgan fingerprint density at radius 3 is 2.33 bits per heavy atom. The Kier molecular flexibility index (Phi) is 3.43. The summed E-state index contributed by atoms with van der Waals surface area (Å²) in [6, 6.07) is 20.8. The van der Waals surface area contributed by atoms with Gasteiger partial charge in [-0.3, -0.25) is 9.59 Å². The zero-order valence-electron chi connectivity index (χ0n) is 12.8. The van der Waals surface area contributed by atoms with E-state index >= 15 is 0 Å². The number of benzene rings is 3. The number of ketones is 1. The average molecular weight is 314 g/mol. The van der Waals surface area contributed by atoms with E-state index in [1.165, 1.54) is 0 Å². The van der Waals surface area contributed by atoms with Crippen molar-refractivity contribution in [2.75, 3.05) is 0 Å². The molecule has 3 aromatic rings. The molecule has 24 heavy (non-hydrogen) atoms. The molecule has 0 atom stereocenters. The van der Waals surface area contributed by atoms with E-state index < -0.39 is 0 Å². The Hall–Kier alpha value is -3.27. The lowest BCUT2D eigenvalue weighted by molar-refractivity contribution is -0.120. The fourth-order valence-corrected chi connectivity index (χ4v) is 3.03. The molecule has 0 aromatic heterocycles. The summed E-state index contributed by atoms with van der Waals surface area (Å²) in [6.07, 6.45) is 0.225. The van der Waals surface area contributed by atoms with Crippen molar-refractivity contribution in [3.63, 3.8) is 0 Å². The van der Waals surface area contributed by atoms with Crippen LogP contribution in [0.5, 0.6) is 0 Å². The predicted octanol–water partition coefficient (Wildman–Crippen LogP) is 3.10. The number of nitrogens with zero attached hydrogens (tertiary/aromatic N) is 1. The topological polar surface area (TPSA) is 58.5 Å². The average Bonchev–Trinajstić information content (AvgIpc) is 2.88. The summed E-state index contributed by atoms with van der Waals surface area (Å²) in [6.45, 7) is 0. The van der Waals surface area contributed by atoms with Crippen molar-refractivity contribution in [1.29, 1.82) is 0 Å². The van der Waals surface area contributed by atoms with Gasteiger partial charge in [-0.05, 0) is 10.9 Å². The van der Waals surface area contributed by atoms with E-state index in [0.29, 0.717) is 11.3 Å². The van der Waals surface area contributed by atoms with Crippen molar-refractivity contribution >= 4 is 28.2 Å². The van der Waals surface area contributed by atoms with Gasteiger partial charge in [0.15, 0.2) is 0 Å². The first-order chi connectivity index (χ1) is 11.7. The summed E-state index contributed by atoms with van der Waals surface area (Å²) < 4.78 is 0. The highest BCUT2D eigenvalue weighted by Gasteiger charge is 2.28. The standard InChI is InChI=1S/C20H14N2O2/c23-17(12-13-6-2-1-3-7-13)21-22-19-15-10-4-8-14-9-5-11-16(18(14)15)20(19)24/h1-11H,12H2,(H,21,23)/b22-19-. The van der Waals surface area contributed by atoms with Crippen LogP contribution in [0.25, 0.3) is 10.8 Å². The predicted molar refractivity (Wildman–Crippen MR) is 93.1 cm³/mol. The van der Waals surface area contributed by atoms with Crippen molar-refractivity contribution in [2.45, 2.75) is 6.42 Å². The summed E-state index contributed by atoms with van der Waals surface area (Å²) in [5, 5.41) is 6.01. The van der Waals surface area contributed by atoms with Gasteiger partial charge < -0.3 is 0 Å². The highest BCUT2D eigenvalue weighted by atomic mass is 16.2. The van der Waals surface area contributed by atoms with Crippen molar-refractivity contribution in [1.82, 2.24) is 5.43 Å². The van der Waals surface area contributed by atoms with Crippen LogP contribution >= 0.6 is 0 Å². The van der Waals surface area contributed by atoms with Crippen molar-refractivity contribution in [3.8, 4) is 0 Å². The number of carbonyl (C=O) groups is 2. The number of amides is 1. The molecular weight excluding hydrogens is 300 g/mol. The largest absolute Gasteiger partial charge is 0.287 e. The van der Waals surface area contributed by atoms with Gasteiger partial charge in [-0.1, -0.05) is 66.7 Å². The Balaban J connectivity index is 1.61. The number of hydrogen-bond acceptors (Lipinski definition) is 3. The monoisotopic (exact) mass is 314 g/mol. The van der Waals surface area contributed by atoms with Crippen LogP contribution in [0.2, 0.25) is 0 Å². The van der Waals surface area contributed by atoms with E-state index in [0.717, 1.165) is 21.9 Å². The van der Waals surface area contributed by atoms with Gasteiger partial charge in [0.25, 0.3) is 0 Å². The lowest BCUT2D eigenvalue weighted by Gasteiger charge is -2.02. The number of Topliss-reactive ketones (excluding diaryl/α,β-unsaturated/α-hetero) is 1. The van der Waals surface area contributed by atoms with E-state index in [2.05, 4.69) is 10.5 Å². The summed E-state index contributed by atoms with van der Waals surface area (Å²) in [4.78, 5) is 24.6. The van der Waals surface area contributed by atoms with Gasteiger partial charge in [0, 0.05) is 16.5 Å². The number of hydrogen-bond donors (Lipinski definition) is 1. The fraction of sp³-hybridized carbons (Fsp3) is 0.0500. The number of nitrogens with one attached hydrogen (secondary N) is 1. The molecule has 0 fully saturated rings. The maximum atomic E-state index is 12.6. The molecule has 1 N–H and O–H groups in total. The number of rotatable bonds is 3. The zero-order valence-corrected chi connectivity index (χ0v) is 12.8. The third-order valence-electron chi connectivity index (χ3n) is 4.12. The Morgan fingerprint density at radius 2 is 1.58 bits per heavy atom. The summed E-state index contributed by atoms with van der Waals surface area (Å²) >= 11 is 0. The van der Waals surface area contributed by atoms with Gasteiger partial charge >= 0.3 is 0 Å². The molecule has 0 saturated heterocycles.